The van der Waals surface area contributed by atoms with E-state index < -0.39 is 0 Å². The van der Waals surface area contributed by atoms with Gasteiger partial charge in [0, 0.05) is 25.6 Å². The van der Waals surface area contributed by atoms with Gasteiger partial charge in [0.2, 0.25) is 5.95 Å². The first kappa shape index (κ1) is 16.7. The molecule has 2 rings (SSSR count). The summed E-state index contributed by atoms with van der Waals surface area (Å²) in [5.41, 5.74) is 1.49. The van der Waals surface area contributed by atoms with Crippen LogP contribution < -0.4 is 5.32 Å². The summed E-state index contributed by atoms with van der Waals surface area (Å²) in [7, 11) is 1.86. The van der Waals surface area contributed by atoms with Crippen LogP contribution in [0.2, 0.25) is 0 Å². The molecule has 0 atom stereocenters. The number of halogens is 3. The van der Waals surface area contributed by atoms with Gasteiger partial charge in [0.25, 0.3) is 0 Å². The molecule has 0 aromatic carbocycles. The van der Waals surface area contributed by atoms with Gasteiger partial charge >= 0.3 is 0 Å². The third-order valence-corrected chi connectivity index (χ3v) is 6.95. The Morgan fingerprint density at radius 2 is 2.10 bits per heavy atom. The Balaban J connectivity index is 2.18. The average molecular weight is 594 g/mol. The number of nitrogens with one attached hydrogen (secondary N) is 1. The highest BCUT2D eigenvalue weighted by molar-refractivity contribution is 14.3. The largest absolute Gasteiger partial charge is 0.320 e. The van der Waals surface area contributed by atoms with Crippen LogP contribution in [0.1, 0.15) is 5.69 Å². The van der Waals surface area contributed by atoms with Crippen molar-refractivity contribution in [3.8, 4) is 11.2 Å². The summed E-state index contributed by atoms with van der Waals surface area (Å²) in [6, 6.07) is 0. The van der Waals surface area contributed by atoms with Crippen LogP contribution >= 0.6 is 73.8 Å². The molecule has 10 heteroatoms. The van der Waals surface area contributed by atoms with Crippen LogP contribution in [-0.2, 0) is 7.05 Å². The first-order valence-electron chi connectivity index (χ1n) is 5.12. The van der Waals surface area contributed by atoms with Crippen molar-refractivity contribution in [3.63, 3.8) is 0 Å². The lowest BCUT2D eigenvalue weighted by Crippen LogP contribution is -1.96. The maximum absolute atomic E-state index is 4.33. The number of anilines is 2. The summed E-state index contributed by atoms with van der Waals surface area (Å²) in [5.74, 6) is 3.57. The molecule has 0 radical (unpaired) electrons. The van der Waals surface area contributed by atoms with Crippen molar-refractivity contribution in [1.82, 2.24) is 19.7 Å². The van der Waals surface area contributed by atoms with Gasteiger partial charge in [-0.3, -0.25) is 4.68 Å². The first-order valence-corrected chi connectivity index (χ1v) is 14.2. The highest BCUT2D eigenvalue weighted by Crippen LogP contribution is 2.64. The number of rotatable bonds is 3. The van der Waals surface area contributed by atoms with E-state index in [1.54, 1.807) is 28.5 Å². The predicted molar refractivity (Wildman–Crippen MR) is 106 cm³/mol. The molecule has 0 aliphatic carbocycles. The molecule has 2 heterocycles. The van der Waals surface area contributed by atoms with Crippen molar-refractivity contribution in [2.45, 2.75) is 0 Å². The van der Waals surface area contributed by atoms with Crippen molar-refractivity contribution in [3.05, 3.63) is 28.8 Å². The molecular formula is C10H7BrI2N5PS. The lowest BCUT2D eigenvalue weighted by atomic mass is 10.4. The predicted octanol–water partition coefficient (Wildman–Crippen LogP) is 4.86. The van der Waals surface area contributed by atoms with Crippen LogP contribution in [0.3, 0.4) is 0 Å². The van der Waals surface area contributed by atoms with E-state index >= 15 is 0 Å². The second kappa shape index (κ2) is 8.12. The number of aryl methyl sites for hydroxylation is 1. The van der Waals surface area contributed by atoms with E-state index in [-0.39, 0.29) is 2.41 Å². The molecule has 104 valence electrons. The molecule has 2 aromatic rings. The van der Waals surface area contributed by atoms with Crippen molar-refractivity contribution in [2.24, 2.45) is 7.05 Å². The second-order valence-electron chi connectivity index (χ2n) is 3.44. The Hall–Kier alpha value is 0.370. The van der Waals surface area contributed by atoms with E-state index in [9.17, 15) is 0 Å². The van der Waals surface area contributed by atoms with E-state index in [4.69, 9.17) is 0 Å². The van der Waals surface area contributed by atoms with E-state index in [1.165, 1.54) is 0 Å². The molecule has 0 saturated heterocycles. The van der Waals surface area contributed by atoms with Crippen LogP contribution in [0.5, 0.6) is 0 Å². The number of hydrogen-bond donors (Lipinski definition) is 1. The summed E-state index contributed by atoms with van der Waals surface area (Å²) in [6.45, 7) is 0. The van der Waals surface area contributed by atoms with Gasteiger partial charge in [0.15, 0.2) is 5.69 Å². The number of nitrogens with zero attached hydrogens (tertiary/aromatic N) is 4. The molecule has 5 nitrogen and oxygen atoms in total. The van der Waals surface area contributed by atoms with E-state index in [1.807, 2.05) is 13.2 Å². The van der Waals surface area contributed by atoms with Gasteiger partial charge in [0.05, 0.1) is 12.6 Å². The molecule has 0 spiro atoms. The summed E-state index contributed by atoms with van der Waals surface area (Å²) in [5, 5.41) is 10.5. The zero-order valence-corrected chi connectivity index (χ0v) is 17.6. The molecule has 0 saturated carbocycles. The lowest BCUT2D eigenvalue weighted by molar-refractivity contribution is 0.764. The molecule has 20 heavy (non-hydrogen) atoms. The molecule has 0 unspecified atom stereocenters. The third kappa shape index (κ3) is 5.29. The van der Waals surface area contributed by atoms with Gasteiger partial charge in [-0.05, 0) is 82.6 Å². The fourth-order valence-electron chi connectivity index (χ4n) is 1.28. The van der Waals surface area contributed by atoms with Gasteiger partial charge < -0.3 is 5.32 Å². The first-order chi connectivity index (χ1) is 9.54. The van der Waals surface area contributed by atoms with Crippen LogP contribution in [0.4, 0.5) is 11.6 Å². The summed E-state index contributed by atoms with van der Waals surface area (Å²) < 4.78 is 2.40. The highest BCUT2D eigenvalue weighted by atomic mass is 127. The van der Waals surface area contributed by atoms with Crippen molar-refractivity contribution < 1.29 is 0 Å². The summed E-state index contributed by atoms with van der Waals surface area (Å²) in [6.07, 6.45) is 5.23. The maximum Gasteiger partial charge on any atom is 0.227 e. The smallest absolute Gasteiger partial charge is 0.227 e. The Morgan fingerprint density at radius 3 is 2.75 bits per heavy atom. The Labute approximate surface area is 156 Å². The van der Waals surface area contributed by atoms with Crippen molar-refractivity contribution in [2.75, 3.05) is 5.32 Å². The maximum atomic E-state index is 4.33. The lowest BCUT2D eigenvalue weighted by Gasteiger charge is -2.01. The SMILES string of the molecule is Cn1cc(Nc2ncc(Br)cn2)c(C#CSP(I)I)n1. The zero-order chi connectivity index (χ0) is 14.5. The van der Waals surface area contributed by atoms with Gasteiger partial charge in [0.1, 0.15) is 0 Å². The van der Waals surface area contributed by atoms with Crippen LogP contribution in [0.25, 0.3) is 0 Å². The van der Waals surface area contributed by atoms with Crippen LogP contribution in [0.15, 0.2) is 23.1 Å². The van der Waals surface area contributed by atoms with Gasteiger partial charge in [-0.25, -0.2) is 9.97 Å². The standard InChI is InChI=1S/C10H7BrI2N5PS/c1-18-6-9(8(17-18)2-3-20-19(12)13)16-10-14-4-7(11)5-15-10/h4-6H,1H3,(H,14,15,16). The van der Waals surface area contributed by atoms with Crippen LogP contribution in [0, 0.1) is 11.2 Å². The molecule has 1 N–H and O–H groups in total. The van der Waals surface area contributed by atoms with Crippen molar-refractivity contribution >= 4 is 85.4 Å². The van der Waals surface area contributed by atoms with E-state index in [0.717, 1.165) is 10.2 Å². The van der Waals surface area contributed by atoms with E-state index in [0.29, 0.717) is 11.6 Å². The molecule has 0 aliphatic rings. The second-order valence-corrected chi connectivity index (χ2v) is 22.0. The Morgan fingerprint density at radius 1 is 1.40 bits per heavy atom. The topological polar surface area (TPSA) is 55.6 Å². The highest BCUT2D eigenvalue weighted by Gasteiger charge is 2.07. The van der Waals surface area contributed by atoms with E-state index in [2.05, 4.69) is 91.6 Å². The Bertz CT molecular complexity index is 652. The molecule has 0 fully saturated rings. The molecule has 0 aliphatic heterocycles. The minimum atomic E-state index is -0.153. The Kier molecular flexibility index (Phi) is 6.80. The van der Waals surface area contributed by atoms with Gasteiger partial charge in [-0.15, -0.1) is 0 Å². The monoisotopic (exact) mass is 593 g/mol. The minimum Gasteiger partial charge on any atom is -0.320 e. The summed E-state index contributed by atoms with van der Waals surface area (Å²) in [4.78, 5) is 8.35. The molecule has 0 bridgehead atoms. The molecule has 0 amide bonds. The van der Waals surface area contributed by atoms with Gasteiger partial charge in [-0.2, -0.15) is 5.10 Å². The van der Waals surface area contributed by atoms with Crippen molar-refractivity contribution in [1.29, 1.82) is 0 Å². The molecule has 2 aromatic heterocycles. The molecular weight excluding hydrogens is 587 g/mol. The summed E-state index contributed by atoms with van der Waals surface area (Å²) >= 11 is 9.65. The number of aromatic nitrogens is 4. The fourth-order valence-corrected chi connectivity index (χ4v) is 3.81. The van der Waals surface area contributed by atoms with Gasteiger partial charge in [-0.1, -0.05) is 0 Å². The quantitative estimate of drug-likeness (QED) is 0.313. The van der Waals surface area contributed by atoms with Crippen LogP contribution in [-0.4, -0.2) is 19.7 Å². The zero-order valence-electron chi connectivity index (χ0n) is 10.0. The third-order valence-electron chi connectivity index (χ3n) is 1.98. The fraction of sp³-hybridized carbons (Fsp3) is 0.100. The minimum absolute atomic E-state index is 0.153. The normalized spacial score (nSPS) is 10.2. The average Bonchev–Trinajstić information content (AvgIpc) is 2.72. The number of hydrogen-bond acceptors (Lipinski definition) is 5.